The number of aryl methyl sites for hydroxylation is 1. The van der Waals surface area contributed by atoms with Gasteiger partial charge < -0.3 is 9.84 Å². The Morgan fingerprint density at radius 1 is 1.60 bits per heavy atom. The van der Waals surface area contributed by atoms with Gasteiger partial charge in [0.1, 0.15) is 5.75 Å². The van der Waals surface area contributed by atoms with Crippen molar-refractivity contribution < 1.29 is 14.6 Å². The monoisotopic (exact) mass is 205 g/mol. The molecule has 15 heavy (non-hydrogen) atoms. The lowest BCUT2D eigenvalue weighted by atomic mass is 10.0. The number of carboxylic acid groups (broad SMARTS) is 1. The lowest BCUT2D eigenvalue weighted by Gasteiger charge is -2.04. The molecule has 0 saturated carbocycles. The number of hydrogen-bond donors (Lipinski definition) is 1. The predicted molar refractivity (Wildman–Crippen MR) is 53.7 cm³/mol. The lowest BCUT2D eigenvalue weighted by Crippen LogP contribution is -1.99. The highest BCUT2D eigenvalue weighted by molar-refractivity contribution is 5.67. The largest absolute Gasteiger partial charge is 0.497 e. The molecule has 0 fully saturated rings. The second-order valence-corrected chi connectivity index (χ2v) is 3.03. The molecular formula is C11H11NO3. The molecular weight excluding hydrogens is 194 g/mol. The molecule has 0 aliphatic rings. The van der Waals surface area contributed by atoms with Crippen LogP contribution in [0.5, 0.6) is 5.75 Å². The van der Waals surface area contributed by atoms with E-state index < -0.39 is 5.97 Å². The van der Waals surface area contributed by atoms with Gasteiger partial charge in [-0.1, -0.05) is 6.07 Å². The third-order valence-corrected chi connectivity index (χ3v) is 2.05. The fourth-order valence-corrected chi connectivity index (χ4v) is 1.25. The zero-order valence-electron chi connectivity index (χ0n) is 8.36. The van der Waals surface area contributed by atoms with Crippen molar-refractivity contribution >= 4 is 5.97 Å². The normalized spacial score (nSPS) is 9.33. The average Bonchev–Trinajstić information content (AvgIpc) is 2.25. The standard InChI is InChI=1S/C11H11NO3/c1-15-10-4-2-8(3-5-11(13)14)9(6-10)7-12/h2,4,6H,3,5H2,1H3,(H,13,14). The minimum atomic E-state index is -0.866. The zero-order valence-corrected chi connectivity index (χ0v) is 8.36. The number of aliphatic carboxylic acids is 1. The van der Waals surface area contributed by atoms with E-state index in [2.05, 4.69) is 0 Å². The number of benzene rings is 1. The highest BCUT2D eigenvalue weighted by atomic mass is 16.5. The van der Waals surface area contributed by atoms with Gasteiger partial charge in [0.25, 0.3) is 0 Å². The molecule has 4 nitrogen and oxygen atoms in total. The minimum absolute atomic E-state index is 0.0288. The fourth-order valence-electron chi connectivity index (χ4n) is 1.25. The van der Waals surface area contributed by atoms with Crippen molar-refractivity contribution in [2.45, 2.75) is 12.8 Å². The van der Waals surface area contributed by atoms with Gasteiger partial charge in [-0.05, 0) is 24.1 Å². The highest BCUT2D eigenvalue weighted by Gasteiger charge is 2.06. The minimum Gasteiger partial charge on any atom is -0.497 e. The van der Waals surface area contributed by atoms with Crippen LogP contribution in [0, 0.1) is 11.3 Å². The summed E-state index contributed by atoms with van der Waals surface area (Å²) in [6.45, 7) is 0. The summed E-state index contributed by atoms with van der Waals surface area (Å²) in [5.41, 5.74) is 1.20. The van der Waals surface area contributed by atoms with Gasteiger partial charge in [0.2, 0.25) is 0 Å². The Morgan fingerprint density at radius 2 is 2.33 bits per heavy atom. The lowest BCUT2D eigenvalue weighted by molar-refractivity contribution is -0.136. The molecule has 0 aromatic heterocycles. The maximum atomic E-state index is 10.4. The smallest absolute Gasteiger partial charge is 0.303 e. The molecule has 1 aromatic carbocycles. The van der Waals surface area contributed by atoms with Crippen LogP contribution in [-0.2, 0) is 11.2 Å². The van der Waals surface area contributed by atoms with Crippen LogP contribution in [0.15, 0.2) is 18.2 Å². The third-order valence-electron chi connectivity index (χ3n) is 2.05. The van der Waals surface area contributed by atoms with E-state index in [-0.39, 0.29) is 6.42 Å². The molecule has 4 heteroatoms. The Bertz CT molecular complexity index is 407. The summed E-state index contributed by atoms with van der Waals surface area (Å²) >= 11 is 0. The van der Waals surface area contributed by atoms with Crippen molar-refractivity contribution in [1.82, 2.24) is 0 Å². The van der Waals surface area contributed by atoms with E-state index in [1.54, 1.807) is 18.2 Å². The van der Waals surface area contributed by atoms with Crippen molar-refractivity contribution in [3.63, 3.8) is 0 Å². The Kier molecular flexibility index (Phi) is 3.69. The number of carboxylic acids is 1. The van der Waals surface area contributed by atoms with Gasteiger partial charge in [-0.25, -0.2) is 0 Å². The van der Waals surface area contributed by atoms with E-state index in [0.717, 1.165) is 5.56 Å². The first kappa shape index (κ1) is 11.1. The van der Waals surface area contributed by atoms with Crippen LogP contribution in [-0.4, -0.2) is 18.2 Å². The number of methoxy groups -OCH3 is 1. The second kappa shape index (κ2) is 5.01. The Balaban J connectivity index is 2.89. The van der Waals surface area contributed by atoms with Gasteiger partial charge in [-0.3, -0.25) is 4.79 Å². The molecule has 1 aromatic rings. The molecule has 78 valence electrons. The van der Waals surface area contributed by atoms with Crippen molar-refractivity contribution in [1.29, 1.82) is 5.26 Å². The van der Waals surface area contributed by atoms with Crippen LogP contribution < -0.4 is 4.74 Å². The molecule has 0 aliphatic heterocycles. The summed E-state index contributed by atoms with van der Waals surface area (Å²) in [6.07, 6.45) is 0.392. The Morgan fingerprint density at radius 3 is 2.87 bits per heavy atom. The Hall–Kier alpha value is -2.02. The summed E-state index contributed by atoms with van der Waals surface area (Å²) in [5, 5.41) is 17.4. The third kappa shape index (κ3) is 2.99. The molecule has 1 N–H and O–H groups in total. The quantitative estimate of drug-likeness (QED) is 0.810. The topological polar surface area (TPSA) is 70.3 Å². The zero-order chi connectivity index (χ0) is 11.3. The predicted octanol–water partition coefficient (Wildman–Crippen LogP) is 1.58. The first-order valence-electron chi connectivity index (χ1n) is 4.46. The van der Waals surface area contributed by atoms with Gasteiger partial charge >= 0.3 is 5.97 Å². The molecule has 0 unspecified atom stereocenters. The Labute approximate surface area is 87.7 Å². The molecule has 0 radical (unpaired) electrons. The van der Waals surface area contributed by atoms with E-state index in [0.29, 0.717) is 17.7 Å². The second-order valence-electron chi connectivity index (χ2n) is 3.03. The van der Waals surface area contributed by atoms with Crippen LogP contribution in [0.1, 0.15) is 17.5 Å². The number of rotatable bonds is 4. The molecule has 0 saturated heterocycles. The van der Waals surface area contributed by atoms with Crippen molar-refractivity contribution in [3.8, 4) is 11.8 Å². The maximum absolute atomic E-state index is 10.4. The van der Waals surface area contributed by atoms with Crippen LogP contribution in [0.25, 0.3) is 0 Å². The molecule has 0 spiro atoms. The molecule has 0 bridgehead atoms. The van der Waals surface area contributed by atoms with Crippen LogP contribution in [0.4, 0.5) is 0 Å². The number of nitrogens with zero attached hydrogens (tertiary/aromatic N) is 1. The summed E-state index contributed by atoms with van der Waals surface area (Å²) in [6, 6.07) is 7.07. The average molecular weight is 205 g/mol. The molecule has 0 atom stereocenters. The number of carbonyl (C=O) groups is 1. The first-order valence-corrected chi connectivity index (χ1v) is 4.46. The van der Waals surface area contributed by atoms with Crippen molar-refractivity contribution in [2.24, 2.45) is 0 Å². The number of nitriles is 1. The summed E-state index contributed by atoms with van der Waals surface area (Å²) in [4.78, 5) is 10.4. The molecule has 0 heterocycles. The van der Waals surface area contributed by atoms with E-state index in [1.165, 1.54) is 7.11 Å². The van der Waals surface area contributed by atoms with Gasteiger partial charge in [0.05, 0.1) is 18.7 Å². The highest BCUT2D eigenvalue weighted by Crippen LogP contribution is 2.18. The van der Waals surface area contributed by atoms with Gasteiger partial charge in [-0.2, -0.15) is 5.26 Å². The van der Waals surface area contributed by atoms with Gasteiger partial charge in [-0.15, -0.1) is 0 Å². The van der Waals surface area contributed by atoms with Crippen LogP contribution in [0.3, 0.4) is 0 Å². The summed E-state index contributed by atoms with van der Waals surface area (Å²) in [5.74, 6) is -0.264. The van der Waals surface area contributed by atoms with Crippen LogP contribution in [0.2, 0.25) is 0 Å². The number of hydrogen-bond acceptors (Lipinski definition) is 3. The van der Waals surface area contributed by atoms with E-state index >= 15 is 0 Å². The number of ether oxygens (including phenoxy) is 1. The fraction of sp³-hybridized carbons (Fsp3) is 0.273. The van der Waals surface area contributed by atoms with E-state index in [1.807, 2.05) is 6.07 Å². The first-order chi connectivity index (χ1) is 7.17. The van der Waals surface area contributed by atoms with Crippen molar-refractivity contribution in [3.05, 3.63) is 29.3 Å². The molecule has 0 amide bonds. The van der Waals surface area contributed by atoms with E-state index in [4.69, 9.17) is 15.1 Å². The maximum Gasteiger partial charge on any atom is 0.303 e. The van der Waals surface area contributed by atoms with Gasteiger partial charge in [0.15, 0.2) is 0 Å². The SMILES string of the molecule is COc1ccc(CCC(=O)O)c(C#N)c1. The van der Waals surface area contributed by atoms with Gasteiger partial charge in [0, 0.05) is 6.42 Å². The van der Waals surface area contributed by atoms with E-state index in [9.17, 15) is 4.79 Å². The van der Waals surface area contributed by atoms with Crippen LogP contribution >= 0.6 is 0 Å². The molecule has 0 aliphatic carbocycles. The molecule has 1 rings (SSSR count). The summed E-state index contributed by atoms with van der Waals surface area (Å²) in [7, 11) is 1.52. The van der Waals surface area contributed by atoms with Crippen molar-refractivity contribution in [2.75, 3.05) is 7.11 Å². The summed E-state index contributed by atoms with van der Waals surface area (Å²) < 4.78 is 4.97.